The van der Waals surface area contributed by atoms with Crippen LogP contribution in [0.2, 0.25) is 0 Å². The Bertz CT molecular complexity index is 1020. The van der Waals surface area contributed by atoms with Crippen LogP contribution in [0.1, 0.15) is 92.4 Å². The predicted molar refractivity (Wildman–Crippen MR) is 141 cm³/mol. The molecule has 0 aromatic heterocycles. The number of hydrogen-bond donors (Lipinski definition) is 3. The van der Waals surface area contributed by atoms with Gasteiger partial charge in [0.1, 0.15) is 6.04 Å². The molecule has 3 N–H and O–H groups in total. The summed E-state index contributed by atoms with van der Waals surface area (Å²) in [5, 5.41) is 12.9. The first-order chi connectivity index (χ1) is 16.5. The number of hydrazine groups is 2. The lowest BCUT2D eigenvalue weighted by molar-refractivity contribution is -0.186. The Morgan fingerprint density at radius 3 is 2.46 bits per heavy atom. The SMILES string of the molecule is C[C@H](C(=O)[C@H]1CCC2C3(C)CCC4C[C@](C)(O)CCC4(C)C3CC[C@@]21C)N1NNc2ccccc21. The average molecular weight is 480 g/mol. The maximum absolute atomic E-state index is 14.1. The minimum absolute atomic E-state index is 0.0899. The molecule has 4 fully saturated rings. The van der Waals surface area contributed by atoms with Crippen molar-refractivity contribution < 1.29 is 9.90 Å². The maximum Gasteiger partial charge on any atom is 0.160 e. The molecule has 0 saturated heterocycles. The Morgan fingerprint density at radius 2 is 1.66 bits per heavy atom. The van der Waals surface area contributed by atoms with E-state index in [4.69, 9.17) is 0 Å². The molecule has 4 saturated carbocycles. The van der Waals surface area contributed by atoms with Crippen LogP contribution in [0.25, 0.3) is 0 Å². The molecule has 1 heterocycles. The molecule has 5 nitrogen and oxygen atoms in total. The van der Waals surface area contributed by atoms with E-state index >= 15 is 0 Å². The van der Waals surface area contributed by atoms with Gasteiger partial charge < -0.3 is 10.5 Å². The van der Waals surface area contributed by atoms with Gasteiger partial charge in [0.15, 0.2) is 5.78 Å². The molecule has 192 valence electrons. The van der Waals surface area contributed by atoms with Gasteiger partial charge in [0.2, 0.25) is 0 Å². The van der Waals surface area contributed by atoms with Crippen molar-refractivity contribution in [3.63, 3.8) is 0 Å². The van der Waals surface area contributed by atoms with Crippen molar-refractivity contribution >= 4 is 17.2 Å². The third-order valence-corrected chi connectivity index (χ3v) is 12.2. The first kappa shape index (κ1) is 23.8. The van der Waals surface area contributed by atoms with Crippen molar-refractivity contribution in [1.29, 1.82) is 0 Å². The van der Waals surface area contributed by atoms with E-state index in [2.05, 4.69) is 57.7 Å². The summed E-state index contributed by atoms with van der Waals surface area (Å²) in [5.74, 6) is 2.50. The number of carbonyl (C=O) groups excluding carboxylic acids is 1. The molecule has 1 aromatic carbocycles. The van der Waals surface area contributed by atoms with E-state index in [1.165, 1.54) is 32.1 Å². The number of Topliss-reactive ketones (excluding diaryl/α,β-unsaturated/α-hetero) is 1. The van der Waals surface area contributed by atoms with E-state index in [1.54, 1.807) is 0 Å². The molecule has 0 radical (unpaired) electrons. The predicted octanol–water partition coefficient (Wildman–Crippen LogP) is 6.10. The zero-order valence-corrected chi connectivity index (χ0v) is 22.4. The normalized spacial score (nSPS) is 47.2. The monoisotopic (exact) mass is 479 g/mol. The zero-order valence-electron chi connectivity index (χ0n) is 22.4. The molecule has 0 amide bonds. The largest absolute Gasteiger partial charge is 0.390 e. The van der Waals surface area contributed by atoms with Crippen LogP contribution in [0.5, 0.6) is 0 Å². The Hall–Kier alpha value is -1.59. The Labute approximate surface area is 211 Å². The van der Waals surface area contributed by atoms with Crippen LogP contribution in [-0.4, -0.2) is 22.5 Å². The summed E-state index contributed by atoms with van der Waals surface area (Å²) < 4.78 is 0. The first-order valence-corrected chi connectivity index (χ1v) is 14.2. The van der Waals surface area contributed by atoms with Gasteiger partial charge in [-0.25, -0.2) is 0 Å². The third-order valence-electron chi connectivity index (χ3n) is 12.2. The second-order valence-corrected chi connectivity index (χ2v) is 13.9. The maximum atomic E-state index is 14.1. The number of fused-ring (bicyclic) bond motifs is 6. The molecule has 6 rings (SSSR count). The Morgan fingerprint density at radius 1 is 0.943 bits per heavy atom. The summed E-state index contributed by atoms with van der Waals surface area (Å²) in [5.41, 5.74) is 8.81. The van der Waals surface area contributed by atoms with Crippen LogP contribution in [0.15, 0.2) is 24.3 Å². The van der Waals surface area contributed by atoms with E-state index in [-0.39, 0.29) is 17.4 Å². The highest BCUT2D eigenvalue weighted by Crippen LogP contribution is 2.72. The minimum atomic E-state index is -0.487. The molecule has 5 aliphatic rings. The summed E-state index contributed by atoms with van der Waals surface area (Å²) in [6, 6.07) is 7.99. The van der Waals surface area contributed by atoms with E-state index in [1.807, 2.05) is 17.1 Å². The van der Waals surface area contributed by atoms with Crippen LogP contribution in [0.3, 0.4) is 0 Å². The molecule has 4 aliphatic carbocycles. The van der Waals surface area contributed by atoms with Gasteiger partial charge >= 0.3 is 0 Å². The minimum Gasteiger partial charge on any atom is -0.390 e. The molecule has 35 heavy (non-hydrogen) atoms. The smallest absolute Gasteiger partial charge is 0.160 e. The topological polar surface area (TPSA) is 64.6 Å². The van der Waals surface area contributed by atoms with Crippen LogP contribution < -0.4 is 16.0 Å². The van der Waals surface area contributed by atoms with Crippen LogP contribution in [0, 0.1) is 39.9 Å². The Balaban J connectivity index is 1.25. The standard InChI is InChI=1S/C30H45N3O2/c1-19(33-23-9-7-6-8-22(23)31-32-33)26(34)21-10-11-24-29(21,4)15-13-25-28(3)17-16-27(2,35)18-20(28)12-14-30(24,25)5/h6-9,19-21,24-25,31-32,35H,10-18H2,1-5H3/t19-,20?,21-,24?,25?,27-,28?,29-,30?/m1/s1. The number of aliphatic hydroxyl groups is 1. The number of carbonyl (C=O) groups is 1. The Kier molecular flexibility index (Phi) is 5.24. The third kappa shape index (κ3) is 3.29. The van der Waals surface area contributed by atoms with E-state index in [0.29, 0.717) is 34.4 Å². The van der Waals surface area contributed by atoms with E-state index < -0.39 is 5.60 Å². The molecule has 9 atom stereocenters. The summed E-state index contributed by atoms with van der Waals surface area (Å²) in [7, 11) is 0. The molecule has 0 bridgehead atoms. The quantitative estimate of drug-likeness (QED) is 0.489. The summed E-state index contributed by atoms with van der Waals surface area (Å²) >= 11 is 0. The lowest BCUT2D eigenvalue weighted by atomic mass is 9.39. The van der Waals surface area contributed by atoms with Gasteiger partial charge in [0.25, 0.3) is 0 Å². The fourth-order valence-corrected chi connectivity index (χ4v) is 10.3. The van der Waals surface area contributed by atoms with Crippen molar-refractivity contribution in [1.82, 2.24) is 5.53 Å². The van der Waals surface area contributed by atoms with Crippen LogP contribution in [0.4, 0.5) is 11.4 Å². The highest BCUT2D eigenvalue weighted by molar-refractivity contribution is 5.91. The second-order valence-electron chi connectivity index (χ2n) is 13.9. The van der Waals surface area contributed by atoms with Gasteiger partial charge in [-0.05, 0) is 118 Å². The second kappa shape index (κ2) is 7.71. The highest BCUT2D eigenvalue weighted by Gasteiger charge is 2.66. The molecular formula is C30H45N3O2. The van der Waals surface area contributed by atoms with Crippen molar-refractivity contribution in [2.75, 3.05) is 10.4 Å². The number of anilines is 2. The van der Waals surface area contributed by atoms with Crippen LogP contribution in [-0.2, 0) is 4.79 Å². The van der Waals surface area contributed by atoms with Crippen LogP contribution >= 0.6 is 0 Å². The fourth-order valence-electron chi connectivity index (χ4n) is 10.3. The van der Waals surface area contributed by atoms with Crippen molar-refractivity contribution in [2.45, 2.75) is 104 Å². The average Bonchev–Trinajstić information content (AvgIpc) is 3.40. The van der Waals surface area contributed by atoms with Crippen molar-refractivity contribution in [3.8, 4) is 0 Å². The molecule has 5 unspecified atom stereocenters. The number of hydrogen-bond acceptors (Lipinski definition) is 5. The summed E-state index contributed by atoms with van der Waals surface area (Å²) in [4.78, 5) is 14.1. The van der Waals surface area contributed by atoms with Gasteiger partial charge in [-0.1, -0.05) is 32.9 Å². The zero-order chi connectivity index (χ0) is 24.8. The number of ketones is 1. The van der Waals surface area contributed by atoms with Gasteiger partial charge in [-0.2, -0.15) is 0 Å². The fraction of sp³-hybridized carbons (Fsp3) is 0.767. The summed E-state index contributed by atoms with van der Waals surface area (Å²) in [6.07, 6.45) is 10.2. The molecule has 5 heteroatoms. The summed E-state index contributed by atoms with van der Waals surface area (Å²) in [6.45, 7) is 11.7. The molecule has 0 spiro atoms. The highest BCUT2D eigenvalue weighted by atomic mass is 16.3. The molecule has 1 aromatic rings. The van der Waals surface area contributed by atoms with Crippen molar-refractivity contribution in [3.05, 3.63) is 24.3 Å². The molecular weight excluding hydrogens is 434 g/mol. The number of para-hydroxylation sites is 2. The molecule has 1 aliphatic heterocycles. The first-order valence-electron chi connectivity index (χ1n) is 14.2. The van der Waals surface area contributed by atoms with E-state index in [9.17, 15) is 9.90 Å². The van der Waals surface area contributed by atoms with Gasteiger partial charge in [-0.3, -0.25) is 9.80 Å². The lowest BCUT2D eigenvalue weighted by Crippen LogP contribution is -2.60. The number of nitrogens with one attached hydrogen (secondary N) is 2. The van der Waals surface area contributed by atoms with Crippen molar-refractivity contribution in [2.24, 2.45) is 39.9 Å². The number of nitrogens with zero attached hydrogens (tertiary/aromatic N) is 1. The van der Waals surface area contributed by atoms with E-state index in [0.717, 1.165) is 37.1 Å². The van der Waals surface area contributed by atoms with Gasteiger partial charge in [0.05, 0.1) is 17.0 Å². The van der Waals surface area contributed by atoms with Gasteiger partial charge in [-0.15, -0.1) is 5.53 Å². The number of rotatable bonds is 3. The number of benzene rings is 1. The lowest BCUT2D eigenvalue weighted by Gasteiger charge is -2.66. The van der Waals surface area contributed by atoms with Gasteiger partial charge in [0, 0.05) is 5.92 Å².